The van der Waals surface area contributed by atoms with Gasteiger partial charge in [-0.1, -0.05) is 12.2 Å². The second-order valence-electron chi connectivity index (χ2n) is 4.87. The monoisotopic (exact) mass is 332 g/mol. The molecule has 0 unspecified atom stereocenters. The fourth-order valence-corrected chi connectivity index (χ4v) is 2.25. The molecule has 128 valence electrons. The van der Waals surface area contributed by atoms with Crippen LogP contribution in [0.4, 0.5) is 0 Å². The third kappa shape index (κ3) is 3.48. The Balaban J connectivity index is 2.41. The van der Waals surface area contributed by atoms with E-state index >= 15 is 0 Å². The summed E-state index contributed by atoms with van der Waals surface area (Å²) in [5.74, 6) is 1.70. The highest BCUT2D eigenvalue weighted by atomic mass is 16.5. The lowest BCUT2D eigenvalue weighted by Crippen LogP contribution is -1.95. The molecule has 0 bridgehead atoms. The van der Waals surface area contributed by atoms with Gasteiger partial charge in [0.25, 0.3) is 0 Å². The Morgan fingerprint density at radius 1 is 0.667 bits per heavy atom. The van der Waals surface area contributed by atoms with Gasteiger partial charge in [0.05, 0.1) is 28.4 Å². The molecule has 0 radical (unpaired) electrons. The zero-order valence-electron chi connectivity index (χ0n) is 14.0. The number of ether oxygens (including phenoxy) is 4. The summed E-state index contributed by atoms with van der Waals surface area (Å²) in [6.45, 7) is 0. The second kappa shape index (κ2) is 7.50. The lowest BCUT2D eigenvalue weighted by Gasteiger charge is -2.13. The zero-order chi connectivity index (χ0) is 17.7. The molecule has 0 aliphatic heterocycles. The van der Waals surface area contributed by atoms with Gasteiger partial charge >= 0.3 is 0 Å². The summed E-state index contributed by atoms with van der Waals surface area (Å²) in [5.41, 5.74) is 1.22. The second-order valence-corrected chi connectivity index (χ2v) is 4.87. The summed E-state index contributed by atoms with van der Waals surface area (Å²) in [6, 6.07) is 6.32. The highest BCUT2D eigenvalue weighted by molar-refractivity contribution is 5.76. The van der Waals surface area contributed by atoms with Crippen molar-refractivity contribution in [2.45, 2.75) is 0 Å². The summed E-state index contributed by atoms with van der Waals surface area (Å²) in [5, 5.41) is 19.8. The van der Waals surface area contributed by atoms with Crippen molar-refractivity contribution < 1.29 is 29.2 Å². The Morgan fingerprint density at radius 3 is 1.75 bits per heavy atom. The fourth-order valence-electron chi connectivity index (χ4n) is 2.25. The van der Waals surface area contributed by atoms with Crippen LogP contribution in [0.3, 0.4) is 0 Å². The molecular formula is C18H20O6. The normalized spacial score (nSPS) is 10.7. The molecular weight excluding hydrogens is 312 g/mol. The number of methoxy groups -OCH3 is 4. The lowest BCUT2D eigenvalue weighted by atomic mass is 10.1. The maximum absolute atomic E-state index is 10.00. The van der Waals surface area contributed by atoms with Gasteiger partial charge < -0.3 is 29.2 Å². The Kier molecular flexibility index (Phi) is 5.42. The van der Waals surface area contributed by atoms with E-state index in [0.717, 1.165) is 5.56 Å². The quantitative estimate of drug-likeness (QED) is 0.624. The van der Waals surface area contributed by atoms with Crippen molar-refractivity contribution in [2.24, 2.45) is 0 Å². The van der Waals surface area contributed by atoms with E-state index in [0.29, 0.717) is 22.8 Å². The summed E-state index contributed by atoms with van der Waals surface area (Å²) in [4.78, 5) is 0. The smallest absolute Gasteiger partial charge is 0.203 e. The van der Waals surface area contributed by atoms with Crippen LogP contribution < -0.4 is 18.9 Å². The van der Waals surface area contributed by atoms with E-state index < -0.39 is 0 Å². The minimum Gasteiger partial charge on any atom is -0.507 e. The first-order valence-electron chi connectivity index (χ1n) is 7.12. The average Bonchev–Trinajstić information content (AvgIpc) is 2.60. The Bertz CT molecular complexity index is 726. The van der Waals surface area contributed by atoms with Crippen LogP contribution in [-0.2, 0) is 0 Å². The maximum Gasteiger partial charge on any atom is 0.203 e. The van der Waals surface area contributed by atoms with Crippen LogP contribution in [0.5, 0.6) is 34.5 Å². The van der Waals surface area contributed by atoms with Crippen molar-refractivity contribution in [3.05, 3.63) is 35.4 Å². The topological polar surface area (TPSA) is 77.4 Å². The first-order chi connectivity index (χ1) is 11.5. The molecule has 0 spiro atoms. The molecule has 0 atom stereocenters. The van der Waals surface area contributed by atoms with E-state index in [2.05, 4.69) is 0 Å². The van der Waals surface area contributed by atoms with Crippen LogP contribution in [0.15, 0.2) is 24.3 Å². The molecule has 0 aliphatic rings. The average molecular weight is 332 g/mol. The minimum atomic E-state index is -0.0557. The van der Waals surface area contributed by atoms with Crippen LogP contribution >= 0.6 is 0 Å². The van der Waals surface area contributed by atoms with Gasteiger partial charge in [0.15, 0.2) is 23.0 Å². The number of hydrogen-bond donors (Lipinski definition) is 2. The van der Waals surface area contributed by atoms with Crippen molar-refractivity contribution in [1.82, 2.24) is 0 Å². The summed E-state index contributed by atoms with van der Waals surface area (Å²) >= 11 is 0. The molecule has 0 fully saturated rings. The number of hydrogen-bond acceptors (Lipinski definition) is 6. The third-order valence-electron chi connectivity index (χ3n) is 3.47. The van der Waals surface area contributed by atoms with E-state index in [9.17, 15) is 10.2 Å². The largest absolute Gasteiger partial charge is 0.507 e. The molecule has 0 saturated heterocycles. The van der Waals surface area contributed by atoms with Gasteiger partial charge in [-0.2, -0.15) is 0 Å². The Morgan fingerprint density at radius 2 is 1.25 bits per heavy atom. The Hall–Kier alpha value is -3.02. The lowest BCUT2D eigenvalue weighted by molar-refractivity contribution is 0.324. The van der Waals surface area contributed by atoms with Gasteiger partial charge in [0, 0.05) is 11.6 Å². The number of benzene rings is 2. The van der Waals surface area contributed by atoms with Gasteiger partial charge in [-0.25, -0.2) is 0 Å². The first kappa shape index (κ1) is 17.3. The minimum absolute atomic E-state index is 0.00617. The molecule has 0 aromatic heterocycles. The molecule has 2 rings (SSSR count). The summed E-state index contributed by atoms with van der Waals surface area (Å²) in [6.07, 6.45) is 3.42. The zero-order valence-corrected chi connectivity index (χ0v) is 14.0. The van der Waals surface area contributed by atoms with Gasteiger partial charge in [-0.3, -0.25) is 0 Å². The first-order valence-corrected chi connectivity index (χ1v) is 7.12. The van der Waals surface area contributed by atoms with E-state index in [4.69, 9.17) is 18.9 Å². The van der Waals surface area contributed by atoms with Crippen molar-refractivity contribution in [2.75, 3.05) is 28.4 Å². The molecule has 24 heavy (non-hydrogen) atoms. The maximum atomic E-state index is 10.00. The SMILES string of the molecule is COc1cc(O)c(/C=C/c2cc(OC)c(OC)c(OC)c2)cc1O. The Labute approximate surface area is 140 Å². The molecule has 6 heteroatoms. The highest BCUT2D eigenvalue weighted by Gasteiger charge is 2.12. The molecule has 6 nitrogen and oxygen atoms in total. The molecule has 0 saturated carbocycles. The number of aromatic hydroxyl groups is 2. The standard InChI is InChI=1S/C18H20O6/c1-21-15-10-13(19)12(9-14(15)20)6-5-11-7-16(22-2)18(24-4)17(8-11)23-3/h5-10,19-20H,1-4H3/b6-5+. The molecule has 2 N–H and O–H groups in total. The van der Waals surface area contributed by atoms with Gasteiger partial charge in [-0.05, 0) is 23.8 Å². The predicted molar refractivity (Wildman–Crippen MR) is 91.3 cm³/mol. The van der Waals surface area contributed by atoms with Gasteiger partial charge in [0.1, 0.15) is 5.75 Å². The van der Waals surface area contributed by atoms with E-state index in [1.807, 2.05) is 0 Å². The van der Waals surface area contributed by atoms with E-state index in [-0.39, 0.29) is 17.2 Å². The van der Waals surface area contributed by atoms with Crippen molar-refractivity contribution in [1.29, 1.82) is 0 Å². The van der Waals surface area contributed by atoms with Gasteiger partial charge in [0.2, 0.25) is 5.75 Å². The van der Waals surface area contributed by atoms with Gasteiger partial charge in [-0.15, -0.1) is 0 Å². The summed E-state index contributed by atoms with van der Waals surface area (Å²) < 4.78 is 20.8. The molecule has 2 aromatic rings. The number of rotatable bonds is 6. The third-order valence-corrected chi connectivity index (χ3v) is 3.47. The van der Waals surface area contributed by atoms with E-state index in [1.165, 1.54) is 40.6 Å². The number of phenols is 2. The van der Waals surface area contributed by atoms with Crippen LogP contribution in [0, 0.1) is 0 Å². The molecule has 0 heterocycles. The van der Waals surface area contributed by atoms with Crippen LogP contribution in [0.1, 0.15) is 11.1 Å². The summed E-state index contributed by atoms with van der Waals surface area (Å²) in [7, 11) is 6.03. The van der Waals surface area contributed by atoms with Crippen molar-refractivity contribution in [3.63, 3.8) is 0 Å². The van der Waals surface area contributed by atoms with Crippen LogP contribution in [0.25, 0.3) is 12.2 Å². The van der Waals surface area contributed by atoms with E-state index in [1.54, 1.807) is 24.3 Å². The fraction of sp³-hybridized carbons (Fsp3) is 0.222. The van der Waals surface area contributed by atoms with Crippen LogP contribution in [-0.4, -0.2) is 38.7 Å². The molecule has 2 aromatic carbocycles. The van der Waals surface area contributed by atoms with Crippen LogP contribution in [0.2, 0.25) is 0 Å². The number of phenolic OH excluding ortho intramolecular Hbond substituents is 2. The predicted octanol–water partition coefficient (Wildman–Crippen LogP) is 3.30. The highest BCUT2D eigenvalue weighted by Crippen LogP contribution is 2.39. The van der Waals surface area contributed by atoms with Crippen molar-refractivity contribution >= 4 is 12.2 Å². The van der Waals surface area contributed by atoms with Crippen molar-refractivity contribution in [3.8, 4) is 34.5 Å². The molecule has 0 aliphatic carbocycles. The molecule has 0 amide bonds.